The molecule has 98 valence electrons. The highest BCUT2D eigenvalue weighted by Crippen LogP contribution is 2.20. The Bertz CT molecular complexity index is 455. The van der Waals surface area contributed by atoms with Gasteiger partial charge < -0.3 is 10.1 Å². The van der Waals surface area contributed by atoms with Gasteiger partial charge in [-0.25, -0.2) is 4.79 Å². The quantitative estimate of drug-likeness (QED) is 0.655. The van der Waals surface area contributed by atoms with E-state index in [2.05, 4.69) is 5.32 Å². The second kappa shape index (κ2) is 7.07. The summed E-state index contributed by atoms with van der Waals surface area (Å²) in [6, 6.07) is 5.67. The molecular formula is C14H18ClNO2. The molecule has 4 heteroatoms. The van der Waals surface area contributed by atoms with E-state index in [1.54, 1.807) is 0 Å². The molecule has 0 aliphatic carbocycles. The van der Waals surface area contributed by atoms with Crippen LogP contribution in [-0.2, 0) is 9.53 Å². The monoisotopic (exact) mass is 267 g/mol. The molecule has 0 spiro atoms. The molecule has 1 aromatic rings. The van der Waals surface area contributed by atoms with Gasteiger partial charge in [-0.15, -0.1) is 0 Å². The zero-order valence-electron chi connectivity index (χ0n) is 10.9. The average molecular weight is 268 g/mol. The predicted octanol–water partition coefficient (Wildman–Crippen LogP) is 3.57. The standard InChI is InChI=1S/C14H18ClNO2/c1-4-11(14(17)18-3)7-8-16-13-9-12(15)6-5-10(13)2/h5-7,9,16H,4,8H2,1-3H3/b11-7-. The zero-order chi connectivity index (χ0) is 13.5. The van der Waals surface area contributed by atoms with Gasteiger partial charge in [0.2, 0.25) is 0 Å². The number of hydrogen-bond acceptors (Lipinski definition) is 3. The highest BCUT2D eigenvalue weighted by atomic mass is 35.5. The summed E-state index contributed by atoms with van der Waals surface area (Å²) in [6.45, 7) is 4.50. The molecule has 0 aromatic heterocycles. The third-order valence-electron chi connectivity index (χ3n) is 2.67. The van der Waals surface area contributed by atoms with Gasteiger partial charge in [0.1, 0.15) is 0 Å². The number of methoxy groups -OCH3 is 1. The third kappa shape index (κ3) is 4.08. The number of halogens is 1. The van der Waals surface area contributed by atoms with Gasteiger partial charge >= 0.3 is 5.97 Å². The predicted molar refractivity (Wildman–Crippen MR) is 75.1 cm³/mol. The molecule has 1 rings (SSSR count). The lowest BCUT2D eigenvalue weighted by Crippen LogP contribution is -2.07. The van der Waals surface area contributed by atoms with Crippen LogP contribution in [0.2, 0.25) is 5.02 Å². The van der Waals surface area contributed by atoms with Crippen molar-refractivity contribution in [3.63, 3.8) is 0 Å². The molecule has 0 saturated carbocycles. The minimum atomic E-state index is -0.276. The van der Waals surface area contributed by atoms with Crippen LogP contribution in [0.1, 0.15) is 18.9 Å². The average Bonchev–Trinajstić information content (AvgIpc) is 2.37. The van der Waals surface area contributed by atoms with E-state index < -0.39 is 0 Å². The lowest BCUT2D eigenvalue weighted by molar-refractivity contribution is -0.136. The highest BCUT2D eigenvalue weighted by Gasteiger charge is 2.06. The lowest BCUT2D eigenvalue weighted by atomic mass is 10.2. The topological polar surface area (TPSA) is 38.3 Å². The van der Waals surface area contributed by atoms with E-state index in [0.29, 0.717) is 23.6 Å². The first-order chi connectivity index (χ1) is 8.58. The molecule has 0 bridgehead atoms. The van der Waals surface area contributed by atoms with E-state index in [1.165, 1.54) is 7.11 Å². The van der Waals surface area contributed by atoms with Gasteiger partial charge in [-0.2, -0.15) is 0 Å². The molecule has 18 heavy (non-hydrogen) atoms. The Labute approximate surface area is 113 Å². The van der Waals surface area contributed by atoms with Gasteiger partial charge in [-0.1, -0.05) is 30.7 Å². The largest absolute Gasteiger partial charge is 0.466 e. The summed E-state index contributed by atoms with van der Waals surface area (Å²) in [6.07, 6.45) is 2.50. The summed E-state index contributed by atoms with van der Waals surface area (Å²) in [4.78, 5) is 11.4. The fourth-order valence-electron chi connectivity index (χ4n) is 1.57. The number of hydrogen-bond donors (Lipinski definition) is 1. The van der Waals surface area contributed by atoms with Crippen molar-refractivity contribution in [2.75, 3.05) is 19.0 Å². The molecule has 0 radical (unpaired) electrons. The van der Waals surface area contributed by atoms with Gasteiger partial charge in [0.25, 0.3) is 0 Å². The summed E-state index contributed by atoms with van der Waals surface area (Å²) in [7, 11) is 1.39. The molecule has 1 N–H and O–H groups in total. The first-order valence-electron chi connectivity index (χ1n) is 5.85. The van der Waals surface area contributed by atoms with Crippen molar-refractivity contribution in [2.45, 2.75) is 20.3 Å². The molecule has 0 saturated heterocycles. The summed E-state index contributed by atoms with van der Waals surface area (Å²) >= 11 is 5.93. The Balaban J connectivity index is 2.67. The molecule has 1 aromatic carbocycles. The first kappa shape index (κ1) is 14.6. The maximum absolute atomic E-state index is 11.4. The maximum atomic E-state index is 11.4. The zero-order valence-corrected chi connectivity index (χ0v) is 11.7. The Hall–Kier alpha value is -1.48. The van der Waals surface area contributed by atoms with Crippen molar-refractivity contribution < 1.29 is 9.53 Å². The normalized spacial score (nSPS) is 11.2. The van der Waals surface area contributed by atoms with E-state index in [9.17, 15) is 4.79 Å². The van der Waals surface area contributed by atoms with Crippen molar-refractivity contribution in [3.8, 4) is 0 Å². The number of aryl methyl sites for hydroxylation is 1. The van der Waals surface area contributed by atoms with Gasteiger partial charge in [-0.3, -0.25) is 0 Å². The Morgan fingerprint density at radius 1 is 1.50 bits per heavy atom. The molecule has 0 aliphatic rings. The molecule has 3 nitrogen and oxygen atoms in total. The summed E-state index contributed by atoms with van der Waals surface area (Å²) in [5.41, 5.74) is 2.76. The highest BCUT2D eigenvalue weighted by molar-refractivity contribution is 6.30. The number of carbonyl (C=O) groups is 1. The summed E-state index contributed by atoms with van der Waals surface area (Å²) < 4.78 is 4.69. The van der Waals surface area contributed by atoms with Crippen LogP contribution in [0.3, 0.4) is 0 Å². The van der Waals surface area contributed by atoms with Crippen molar-refractivity contribution >= 4 is 23.3 Å². The molecule has 0 fully saturated rings. The fourth-order valence-corrected chi connectivity index (χ4v) is 1.74. The Morgan fingerprint density at radius 2 is 2.22 bits per heavy atom. The minimum Gasteiger partial charge on any atom is -0.466 e. The van der Waals surface area contributed by atoms with Crippen LogP contribution in [-0.4, -0.2) is 19.6 Å². The number of esters is 1. The molecule has 0 atom stereocenters. The van der Waals surface area contributed by atoms with E-state index in [1.807, 2.05) is 38.1 Å². The number of carbonyl (C=O) groups excluding carboxylic acids is 1. The molecule has 0 amide bonds. The van der Waals surface area contributed by atoms with Gasteiger partial charge in [0.15, 0.2) is 0 Å². The number of benzene rings is 1. The Morgan fingerprint density at radius 3 is 2.83 bits per heavy atom. The molecule has 0 aliphatic heterocycles. The first-order valence-corrected chi connectivity index (χ1v) is 6.23. The van der Waals surface area contributed by atoms with Crippen LogP contribution in [0.25, 0.3) is 0 Å². The van der Waals surface area contributed by atoms with Gasteiger partial charge in [0.05, 0.1) is 7.11 Å². The van der Waals surface area contributed by atoms with Gasteiger partial charge in [-0.05, 0) is 31.0 Å². The number of ether oxygens (including phenoxy) is 1. The maximum Gasteiger partial charge on any atom is 0.333 e. The van der Waals surface area contributed by atoms with Crippen LogP contribution in [0.4, 0.5) is 5.69 Å². The fraction of sp³-hybridized carbons (Fsp3) is 0.357. The minimum absolute atomic E-state index is 0.276. The lowest BCUT2D eigenvalue weighted by Gasteiger charge is -2.08. The summed E-state index contributed by atoms with van der Waals surface area (Å²) in [5, 5.41) is 3.92. The van der Waals surface area contributed by atoms with Gasteiger partial charge in [0, 0.05) is 22.8 Å². The van der Waals surface area contributed by atoms with E-state index >= 15 is 0 Å². The SMILES string of the molecule is CC/C(=C/CNc1cc(Cl)ccc1C)C(=O)OC. The number of rotatable bonds is 5. The van der Waals surface area contributed by atoms with Crippen LogP contribution >= 0.6 is 11.6 Å². The van der Waals surface area contributed by atoms with Crippen molar-refractivity contribution in [1.29, 1.82) is 0 Å². The van der Waals surface area contributed by atoms with Crippen LogP contribution in [0.15, 0.2) is 29.8 Å². The van der Waals surface area contributed by atoms with Crippen molar-refractivity contribution in [1.82, 2.24) is 0 Å². The summed E-state index contributed by atoms with van der Waals surface area (Å²) in [5.74, 6) is -0.276. The van der Waals surface area contributed by atoms with Crippen LogP contribution in [0.5, 0.6) is 0 Å². The molecular weight excluding hydrogens is 250 g/mol. The van der Waals surface area contributed by atoms with Crippen molar-refractivity contribution in [3.05, 3.63) is 40.4 Å². The second-order valence-corrected chi connectivity index (χ2v) is 4.35. The van der Waals surface area contributed by atoms with Crippen LogP contribution < -0.4 is 5.32 Å². The second-order valence-electron chi connectivity index (χ2n) is 3.91. The van der Waals surface area contributed by atoms with E-state index in [-0.39, 0.29) is 5.97 Å². The molecule has 0 unspecified atom stereocenters. The van der Waals surface area contributed by atoms with Crippen molar-refractivity contribution in [2.24, 2.45) is 0 Å². The van der Waals surface area contributed by atoms with Crippen LogP contribution in [0, 0.1) is 6.92 Å². The number of anilines is 1. The van der Waals surface area contributed by atoms with E-state index in [4.69, 9.17) is 16.3 Å². The third-order valence-corrected chi connectivity index (χ3v) is 2.90. The van der Waals surface area contributed by atoms with E-state index in [0.717, 1.165) is 11.3 Å². The smallest absolute Gasteiger partial charge is 0.333 e. The number of nitrogens with one attached hydrogen (secondary N) is 1. The Kier molecular flexibility index (Phi) is 5.72. The molecule has 0 heterocycles.